The summed E-state index contributed by atoms with van der Waals surface area (Å²) in [4.78, 5) is 40.3. The molecule has 0 aliphatic heterocycles. The Labute approximate surface area is 159 Å². The van der Waals surface area contributed by atoms with E-state index in [1.54, 1.807) is 0 Å². The molecule has 0 aliphatic rings. The van der Waals surface area contributed by atoms with Crippen LogP contribution in [0.2, 0.25) is 0 Å². The molecule has 0 aliphatic carbocycles. The summed E-state index contributed by atoms with van der Waals surface area (Å²) < 4.78 is 5.02. The Bertz CT molecular complexity index is 636. The number of Topliss-reactive ketones (excluding diaryl/α,β-unsaturated/α-hetero) is 1. The summed E-state index contributed by atoms with van der Waals surface area (Å²) in [5.74, 6) is -1.02. The van der Waals surface area contributed by atoms with Crippen LogP contribution in [0.3, 0.4) is 0 Å². The lowest BCUT2D eigenvalue weighted by Crippen LogP contribution is -2.48. The van der Waals surface area contributed by atoms with Gasteiger partial charge < -0.3 is 10.1 Å². The quantitative estimate of drug-likeness (QED) is 0.327. The van der Waals surface area contributed by atoms with Crippen LogP contribution in [0.25, 0.3) is 0 Å². The zero-order chi connectivity index (χ0) is 20.4. The summed E-state index contributed by atoms with van der Waals surface area (Å²) in [6.45, 7) is 5.58. The Morgan fingerprint density at radius 3 is 2.67 bits per heavy atom. The lowest BCUT2D eigenvalue weighted by Gasteiger charge is -2.27. The van der Waals surface area contributed by atoms with E-state index in [9.17, 15) is 19.6 Å². The van der Waals surface area contributed by atoms with E-state index in [4.69, 9.17) is 4.74 Å². The average Bonchev–Trinajstić information content (AvgIpc) is 2.67. The third-order valence-corrected chi connectivity index (χ3v) is 4.30. The van der Waals surface area contributed by atoms with Crippen LogP contribution in [0.5, 0.6) is 5.88 Å². The predicted octanol–water partition coefficient (Wildman–Crippen LogP) is 2.07. The van der Waals surface area contributed by atoms with Crippen LogP contribution in [0.1, 0.15) is 50.4 Å². The summed E-state index contributed by atoms with van der Waals surface area (Å²) in [6, 6.07) is 2.29. The Hall–Kier alpha value is -2.48. The summed E-state index contributed by atoms with van der Waals surface area (Å²) >= 11 is 0. The van der Waals surface area contributed by atoms with E-state index in [2.05, 4.69) is 10.3 Å². The van der Waals surface area contributed by atoms with Crippen LogP contribution < -0.4 is 10.1 Å². The number of ether oxygens (including phenoxy) is 1. The molecule has 8 heteroatoms. The second-order valence-corrected chi connectivity index (χ2v) is 6.75. The number of carbonyl (C=O) groups excluding carboxylic acids is 3. The average molecular weight is 379 g/mol. The fraction of sp³-hybridized carbons (Fsp3) is 0.579. The Morgan fingerprint density at radius 1 is 1.41 bits per heavy atom. The molecule has 0 aromatic carbocycles. The number of nitrogens with zero attached hydrogens (tertiary/aromatic N) is 2. The van der Waals surface area contributed by atoms with E-state index in [1.165, 1.54) is 25.4 Å². The van der Waals surface area contributed by atoms with E-state index in [0.717, 1.165) is 12.8 Å². The molecule has 27 heavy (non-hydrogen) atoms. The zero-order valence-corrected chi connectivity index (χ0v) is 16.3. The van der Waals surface area contributed by atoms with Gasteiger partial charge in [0.25, 0.3) is 5.91 Å². The van der Waals surface area contributed by atoms with Gasteiger partial charge in [0.15, 0.2) is 5.78 Å². The van der Waals surface area contributed by atoms with Crippen LogP contribution in [-0.2, 0) is 9.59 Å². The predicted molar refractivity (Wildman–Crippen MR) is 99.5 cm³/mol. The number of methoxy groups -OCH3 is 1. The molecule has 0 fully saturated rings. The van der Waals surface area contributed by atoms with Crippen molar-refractivity contribution in [3.05, 3.63) is 23.9 Å². The number of pyridine rings is 1. The molecule has 1 aromatic heterocycles. The molecule has 8 nitrogen and oxygen atoms in total. The number of ketones is 1. The lowest BCUT2D eigenvalue weighted by molar-refractivity contribution is -0.154. The van der Waals surface area contributed by atoms with Crippen molar-refractivity contribution in [1.82, 2.24) is 15.4 Å². The monoisotopic (exact) mass is 379 g/mol. The summed E-state index contributed by atoms with van der Waals surface area (Å²) in [5, 5.41) is 12.8. The minimum Gasteiger partial charge on any atom is -0.481 e. The van der Waals surface area contributed by atoms with Crippen molar-refractivity contribution in [3.63, 3.8) is 0 Å². The van der Waals surface area contributed by atoms with Crippen molar-refractivity contribution in [3.8, 4) is 5.88 Å². The van der Waals surface area contributed by atoms with E-state index in [1.807, 2.05) is 20.8 Å². The Balaban J connectivity index is 2.97. The molecule has 1 rings (SSSR count). The van der Waals surface area contributed by atoms with E-state index < -0.39 is 17.9 Å². The third kappa shape index (κ3) is 6.97. The van der Waals surface area contributed by atoms with Crippen molar-refractivity contribution in [2.45, 2.75) is 46.1 Å². The molecule has 2 N–H and O–H groups in total. The molecule has 0 spiro atoms. The molecule has 0 unspecified atom stereocenters. The molecular formula is C19H29N3O5. The number of aromatic nitrogens is 1. The van der Waals surface area contributed by atoms with Gasteiger partial charge in [0.1, 0.15) is 0 Å². The second kappa shape index (κ2) is 11.3. The first-order valence-corrected chi connectivity index (χ1v) is 9.09. The summed E-state index contributed by atoms with van der Waals surface area (Å²) in [5.41, 5.74) is 0.335. The SMILES string of the molecule is CCCC[C@H](CN(O)C=O)C(=O)[C@@H](NC(=O)c1ccnc(OC)c1)C(C)C. The van der Waals surface area contributed by atoms with Crippen LogP contribution in [-0.4, -0.2) is 53.1 Å². The van der Waals surface area contributed by atoms with Gasteiger partial charge in [-0.3, -0.25) is 19.6 Å². The highest BCUT2D eigenvalue weighted by atomic mass is 16.5. The summed E-state index contributed by atoms with van der Waals surface area (Å²) in [7, 11) is 1.45. The van der Waals surface area contributed by atoms with Gasteiger partial charge in [-0.1, -0.05) is 33.6 Å². The van der Waals surface area contributed by atoms with Crippen molar-refractivity contribution < 1.29 is 24.3 Å². The molecule has 150 valence electrons. The molecule has 0 radical (unpaired) electrons. The first kappa shape index (κ1) is 22.6. The molecule has 1 aromatic rings. The van der Waals surface area contributed by atoms with Gasteiger partial charge in [0, 0.05) is 23.7 Å². The normalized spacial score (nSPS) is 13.0. The third-order valence-electron chi connectivity index (χ3n) is 4.30. The highest BCUT2D eigenvalue weighted by Crippen LogP contribution is 2.18. The van der Waals surface area contributed by atoms with Gasteiger partial charge >= 0.3 is 0 Å². The number of nitrogens with one attached hydrogen (secondary N) is 1. The second-order valence-electron chi connectivity index (χ2n) is 6.75. The highest BCUT2D eigenvalue weighted by molar-refractivity contribution is 5.98. The number of rotatable bonds is 12. The van der Waals surface area contributed by atoms with Crippen LogP contribution in [0.15, 0.2) is 18.3 Å². The van der Waals surface area contributed by atoms with E-state index >= 15 is 0 Å². The van der Waals surface area contributed by atoms with Gasteiger partial charge in [-0.15, -0.1) is 0 Å². The molecule has 2 amide bonds. The molecule has 0 saturated carbocycles. The first-order chi connectivity index (χ1) is 12.8. The maximum Gasteiger partial charge on any atom is 0.252 e. The fourth-order valence-electron chi connectivity index (χ4n) is 2.75. The van der Waals surface area contributed by atoms with Crippen LogP contribution >= 0.6 is 0 Å². The maximum absolute atomic E-state index is 13.0. The Morgan fingerprint density at radius 2 is 2.11 bits per heavy atom. The van der Waals surface area contributed by atoms with E-state index in [-0.39, 0.29) is 24.7 Å². The van der Waals surface area contributed by atoms with Crippen molar-refractivity contribution in [2.24, 2.45) is 11.8 Å². The van der Waals surface area contributed by atoms with Crippen molar-refractivity contribution in [2.75, 3.05) is 13.7 Å². The van der Waals surface area contributed by atoms with Crippen molar-refractivity contribution in [1.29, 1.82) is 0 Å². The largest absolute Gasteiger partial charge is 0.481 e. The van der Waals surface area contributed by atoms with Gasteiger partial charge in [-0.2, -0.15) is 0 Å². The zero-order valence-electron chi connectivity index (χ0n) is 16.3. The lowest BCUT2D eigenvalue weighted by atomic mass is 9.87. The first-order valence-electron chi connectivity index (χ1n) is 9.09. The number of carbonyl (C=O) groups is 3. The number of hydroxylamine groups is 2. The minimum atomic E-state index is -0.737. The van der Waals surface area contributed by atoms with Gasteiger partial charge in [-0.05, 0) is 18.4 Å². The molecule has 0 saturated heterocycles. The number of amides is 2. The van der Waals surface area contributed by atoms with Crippen LogP contribution in [0, 0.1) is 11.8 Å². The Kier molecular flexibility index (Phi) is 9.42. The fourth-order valence-corrected chi connectivity index (χ4v) is 2.75. The summed E-state index contributed by atoms with van der Waals surface area (Å²) in [6.07, 6.45) is 3.92. The van der Waals surface area contributed by atoms with Gasteiger partial charge in [0.05, 0.1) is 19.7 Å². The molecule has 0 bridgehead atoms. The highest BCUT2D eigenvalue weighted by Gasteiger charge is 2.31. The van der Waals surface area contributed by atoms with Crippen molar-refractivity contribution >= 4 is 18.1 Å². The number of unbranched alkanes of at least 4 members (excludes halogenated alkanes) is 1. The minimum absolute atomic E-state index is 0.0928. The standard InChI is InChI=1S/C19H29N3O5/c1-5-6-7-15(11-22(26)12-23)18(24)17(13(2)3)21-19(25)14-8-9-20-16(10-14)27-4/h8-10,12-13,15,17,26H,5-7,11H2,1-4H3,(H,21,25)/t15-,17+/m1/s1. The smallest absolute Gasteiger partial charge is 0.252 e. The maximum atomic E-state index is 13.0. The van der Waals surface area contributed by atoms with Gasteiger partial charge in [0.2, 0.25) is 12.3 Å². The topological polar surface area (TPSA) is 109 Å². The van der Waals surface area contributed by atoms with Crippen LogP contribution in [0.4, 0.5) is 0 Å². The molecule has 2 atom stereocenters. The number of hydrogen-bond donors (Lipinski definition) is 2. The van der Waals surface area contributed by atoms with Gasteiger partial charge in [-0.25, -0.2) is 10.0 Å². The number of hydrogen-bond acceptors (Lipinski definition) is 6. The van der Waals surface area contributed by atoms with E-state index in [0.29, 0.717) is 22.9 Å². The molecule has 1 heterocycles. The molecular weight excluding hydrogens is 350 g/mol.